The average molecular weight is 479 g/mol. The molecule has 35 heavy (non-hydrogen) atoms. The van der Waals surface area contributed by atoms with Gasteiger partial charge in [-0.05, 0) is 69.3 Å². The van der Waals surface area contributed by atoms with E-state index in [1.54, 1.807) is 6.20 Å². The van der Waals surface area contributed by atoms with Crippen LogP contribution in [0.4, 0.5) is 5.69 Å². The monoisotopic (exact) mass is 478 g/mol. The quantitative estimate of drug-likeness (QED) is 0.484. The number of carbonyl (C=O) groups excluding carboxylic acids is 1. The Morgan fingerprint density at radius 2 is 1.71 bits per heavy atom. The van der Waals surface area contributed by atoms with Crippen molar-refractivity contribution in [2.75, 3.05) is 31.6 Å². The number of hydrogen-bond donors (Lipinski definition) is 2. The summed E-state index contributed by atoms with van der Waals surface area (Å²) < 4.78 is 7.79. The van der Waals surface area contributed by atoms with E-state index < -0.39 is 5.97 Å². The van der Waals surface area contributed by atoms with Crippen LogP contribution >= 0.6 is 0 Å². The molecule has 2 aromatic carbocycles. The molecule has 0 bridgehead atoms. The topological polar surface area (TPSA) is 96.7 Å². The van der Waals surface area contributed by atoms with E-state index in [0.717, 1.165) is 42.7 Å². The molecular formula is C27H34N4O4. The fourth-order valence-corrected chi connectivity index (χ4v) is 4.00. The maximum absolute atomic E-state index is 12.8. The van der Waals surface area contributed by atoms with E-state index in [4.69, 9.17) is 14.6 Å². The van der Waals surface area contributed by atoms with Crippen molar-refractivity contribution >= 4 is 17.6 Å². The molecule has 1 fully saturated rings. The number of benzene rings is 2. The molecule has 2 N–H and O–H groups in total. The lowest BCUT2D eigenvalue weighted by molar-refractivity contribution is -0.134. The van der Waals surface area contributed by atoms with Gasteiger partial charge in [-0.1, -0.05) is 24.6 Å². The summed E-state index contributed by atoms with van der Waals surface area (Å²) in [5.74, 6) is -0.185. The number of likely N-dealkylation sites (tertiary alicyclic amines) is 1. The maximum Gasteiger partial charge on any atom is 0.300 e. The first-order valence-corrected chi connectivity index (χ1v) is 12.0. The first-order valence-electron chi connectivity index (χ1n) is 12.0. The van der Waals surface area contributed by atoms with Gasteiger partial charge in [0, 0.05) is 37.3 Å². The number of aryl methyl sites for hydroxylation is 1. The summed E-state index contributed by atoms with van der Waals surface area (Å²) in [5.41, 5.74) is 3.30. The van der Waals surface area contributed by atoms with Crippen LogP contribution in [0.15, 0.2) is 60.8 Å². The number of nitrogens with one attached hydrogen (secondary N) is 1. The molecule has 0 saturated carbocycles. The number of carboxylic acid groups (broad SMARTS) is 1. The second-order valence-corrected chi connectivity index (χ2v) is 8.33. The number of aliphatic carboxylic acids is 1. The zero-order chi connectivity index (χ0) is 25.0. The van der Waals surface area contributed by atoms with Gasteiger partial charge in [-0.3, -0.25) is 19.2 Å². The van der Waals surface area contributed by atoms with Crippen LogP contribution in [0.5, 0.6) is 5.75 Å². The minimum absolute atomic E-state index is 0.144. The van der Waals surface area contributed by atoms with E-state index in [1.165, 1.54) is 32.4 Å². The third kappa shape index (κ3) is 7.96. The van der Waals surface area contributed by atoms with Crippen LogP contribution in [0.25, 0.3) is 11.3 Å². The summed E-state index contributed by atoms with van der Waals surface area (Å²) in [6.45, 7) is 7.86. The Morgan fingerprint density at radius 3 is 2.40 bits per heavy atom. The van der Waals surface area contributed by atoms with Crippen LogP contribution in [0.1, 0.15) is 43.5 Å². The summed E-state index contributed by atoms with van der Waals surface area (Å²) in [5, 5.41) is 14.8. The largest absolute Gasteiger partial charge is 0.492 e. The second kappa shape index (κ2) is 13.3. The van der Waals surface area contributed by atoms with Crippen LogP contribution < -0.4 is 10.1 Å². The molecule has 0 atom stereocenters. The molecule has 8 heteroatoms. The van der Waals surface area contributed by atoms with Crippen LogP contribution in [0.3, 0.4) is 0 Å². The van der Waals surface area contributed by atoms with E-state index >= 15 is 0 Å². The molecule has 186 valence electrons. The van der Waals surface area contributed by atoms with Crippen molar-refractivity contribution in [1.29, 1.82) is 0 Å². The van der Waals surface area contributed by atoms with Crippen LogP contribution in [-0.4, -0.2) is 57.9 Å². The van der Waals surface area contributed by atoms with E-state index in [9.17, 15) is 4.79 Å². The number of hydrogen-bond acceptors (Lipinski definition) is 5. The number of amides is 1. The zero-order valence-corrected chi connectivity index (χ0v) is 20.4. The van der Waals surface area contributed by atoms with Crippen LogP contribution in [0, 0.1) is 0 Å². The van der Waals surface area contributed by atoms with Crippen molar-refractivity contribution in [3.05, 3.63) is 66.4 Å². The molecule has 2 heterocycles. The van der Waals surface area contributed by atoms with Gasteiger partial charge in [0.2, 0.25) is 0 Å². The summed E-state index contributed by atoms with van der Waals surface area (Å²) in [7, 11) is 0. The van der Waals surface area contributed by atoms with Gasteiger partial charge in [-0.15, -0.1) is 0 Å². The minimum Gasteiger partial charge on any atom is -0.492 e. The summed E-state index contributed by atoms with van der Waals surface area (Å²) in [6, 6.07) is 17.1. The normalized spacial score (nSPS) is 13.4. The number of nitrogens with zero attached hydrogens (tertiary/aromatic N) is 3. The van der Waals surface area contributed by atoms with Crippen molar-refractivity contribution in [2.45, 2.75) is 39.7 Å². The Labute approximate surface area is 206 Å². The standard InChI is InChI=1S/C25H30N4O2.C2H4O2/c1-2-29-24(14-15-26-29)22-8-4-5-9-23(22)27-25(30)20-10-12-21(13-11-20)31-19-18-28-16-6-3-7-17-28;1-2(3)4/h4-5,8-15H,2-3,6-7,16-19H2,1H3,(H,27,30);1H3,(H,3,4). The number of piperidine rings is 1. The number of para-hydroxylation sites is 1. The predicted molar refractivity (Wildman–Crippen MR) is 137 cm³/mol. The Bertz CT molecular complexity index is 1080. The molecule has 1 aliphatic rings. The molecule has 1 aromatic heterocycles. The van der Waals surface area contributed by atoms with Crippen molar-refractivity contribution in [3.8, 4) is 17.0 Å². The lowest BCUT2D eigenvalue weighted by atomic mass is 10.1. The average Bonchev–Trinajstić information content (AvgIpc) is 3.34. The Kier molecular flexibility index (Phi) is 9.86. The molecule has 0 radical (unpaired) electrons. The maximum atomic E-state index is 12.8. The Balaban J connectivity index is 0.000000795. The fourth-order valence-electron chi connectivity index (χ4n) is 4.00. The highest BCUT2D eigenvalue weighted by atomic mass is 16.5. The molecule has 3 aromatic rings. The first-order chi connectivity index (χ1) is 17.0. The minimum atomic E-state index is -0.833. The molecule has 0 unspecified atom stereocenters. The molecule has 1 amide bonds. The Hall–Kier alpha value is -3.65. The summed E-state index contributed by atoms with van der Waals surface area (Å²) in [6.07, 6.45) is 5.69. The van der Waals surface area contributed by atoms with E-state index in [1.807, 2.05) is 66.2 Å². The van der Waals surface area contributed by atoms with Gasteiger partial charge < -0.3 is 15.2 Å². The molecule has 1 aliphatic heterocycles. The van der Waals surface area contributed by atoms with Gasteiger partial charge in [-0.2, -0.15) is 5.10 Å². The van der Waals surface area contributed by atoms with Crippen molar-refractivity contribution < 1.29 is 19.4 Å². The third-order valence-corrected chi connectivity index (χ3v) is 5.71. The molecular weight excluding hydrogens is 444 g/mol. The van der Waals surface area contributed by atoms with Gasteiger partial charge >= 0.3 is 0 Å². The van der Waals surface area contributed by atoms with Crippen molar-refractivity contribution in [3.63, 3.8) is 0 Å². The van der Waals surface area contributed by atoms with Gasteiger partial charge in [0.05, 0.1) is 11.4 Å². The SMILES string of the molecule is CC(=O)O.CCn1nccc1-c1ccccc1NC(=O)c1ccc(OCCN2CCCCC2)cc1. The molecule has 1 saturated heterocycles. The highest BCUT2D eigenvalue weighted by Gasteiger charge is 2.13. The fraction of sp³-hybridized carbons (Fsp3) is 0.370. The van der Waals surface area contributed by atoms with Crippen molar-refractivity contribution in [2.24, 2.45) is 0 Å². The van der Waals surface area contributed by atoms with Gasteiger partial charge in [0.25, 0.3) is 11.9 Å². The first kappa shape index (κ1) is 26.0. The van der Waals surface area contributed by atoms with Gasteiger partial charge in [-0.25, -0.2) is 0 Å². The predicted octanol–water partition coefficient (Wildman–Crippen LogP) is 4.78. The van der Waals surface area contributed by atoms with E-state index in [0.29, 0.717) is 12.2 Å². The zero-order valence-electron chi connectivity index (χ0n) is 20.4. The number of carboxylic acids is 1. The van der Waals surface area contributed by atoms with Crippen LogP contribution in [0.2, 0.25) is 0 Å². The number of rotatable bonds is 8. The highest BCUT2D eigenvalue weighted by Crippen LogP contribution is 2.28. The second-order valence-electron chi connectivity index (χ2n) is 8.33. The number of aromatic nitrogens is 2. The van der Waals surface area contributed by atoms with E-state index in [-0.39, 0.29) is 5.91 Å². The highest BCUT2D eigenvalue weighted by molar-refractivity contribution is 6.06. The smallest absolute Gasteiger partial charge is 0.300 e. The Morgan fingerprint density at radius 1 is 1.03 bits per heavy atom. The van der Waals surface area contributed by atoms with Gasteiger partial charge in [0.1, 0.15) is 12.4 Å². The number of ether oxygens (including phenoxy) is 1. The lowest BCUT2D eigenvalue weighted by Gasteiger charge is -2.26. The van der Waals surface area contributed by atoms with Crippen LogP contribution in [-0.2, 0) is 11.3 Å². The molecule has 0 aliphatic carbocycles. The van der Waals surface area contributed by atoms with Crippen molar-refractivity contribution in [1.82, 2.24) is 14.7 Å². The summed E-state index contributed by atoms with van der Waals surface area (Å²) in [4.78, 5) is 24.3. The lowest BCUT2D eigenvalue weighted by Crippen LogP contribution is -2.33. The van der Waals surface area contributed by atoms with E-state index in [2.05, 4.69) is 15.3 Å². The molecule has 4 rings (SSSR count). The molecule has 0 spiro atoms. The summed E-state index contributed by atoms with van der Waals surface area (Å²) >= 11 is 0. The molecule has 8 nitrogen and oxygen atoms in total. The number of anilines is 1. The third-order valence-electron chi connectivity index (χ3n) is 5.71. The number of carbonyl (C=O) groups is 2. The van der Waals surface area contributed by atoms with Gasteiger partial charge in [0.15, 0.2) is 0 Å².